The van der Waals surface area contributed by atoms with E-state index in [1.807, 2.05) is 4.90 Å². The largest absolute Gasteiger partial charge is 0.393 e. The molecule has 5 aliphatic rings. The molecule has 11 atom stereocenters. The van der Waals surface area contributed by atoms with Crippen LogP contribution in [0.3, 0.4) is 0 Å². The highest BCUT2D eigenvalue weighted by Gasteiger charge is 2.65. The number of nitrogens with zero attached hydrogens (tertiary/aromatic N) is 1. The van der Waals surface area contributed by atoms with Crippen LogP contribution < -0.4 is 4.90 Å². The molecule has 0 unspecified atom stereocenters. The predicted molar refractivity (Wildman–Crippen MR) is 154 cm³/mol. The molecule has 3 N–H and O–H groups in total. The summed E-state index contributed by atoms with van der Waals surface area (Å²) in [6.45, 7) is 9.93. The molecule has 5 heteroatoms. The summed E-state index contributed by atoms with van der Waals surface area (Å²) < 4.78 is 0. The van der Waals surface area contributed by atoms with E-state index in [-0.39, 0.29) is 41.0 Å². The van der Waals surface area contributed by atoms with Crippen LogP contribution in [-0.2, 0) is 11.2 Å². The second-order valence-corrected chi connectivity index (χ2v) is 14.8. The van der Waals surface area contributed by atoms with Gasteiger partial charge in [-0.25, -0.2) is 0 Å². The molecule has 0 saturated heterocycles. The highest BCUT2D eigenvalue weighted by molar-refractivity contribution is 5.94. The molecule has 0 aromatic heterocycles. The van der Waals surface area contributed by atoms with Gasteiger partial charge in [0.1, 0.15) is 0 Å². The molecule has 1 aromatic carbocycles. The van der Waals surface area contributed by atoms with E-state index < -0.39 is 0 Å². The summed E-state index contributed by atoms with van der Waals surface area (Å²) in [5.74, 6) is 2.19. The minimum Gasteiger partial charge on any atom is -0.393 e. The molecule has 216 valence electrons. The fourth-order valence-corrected chi connectivity index (χ4v) is 10.8. The normalized spacial score (nSPS) is 44.1. The maximum Gasteiger partial charge on any atom is 0.226 e. The highest BCUT2D eigenvalue weighted by atomic mass is 16.3. The topological polar surface area (TPSA) is 81.0 Å². The van der Waals surface area contributed by atoms with Gasteiger partial charge in [0.15, 0.2) is 0 Å². The average Bonchev–Trinajstić information content (AvgIpc) is 3.26. The second kappa shape index (κ2) is 10.1. The molecule has 1 heterocycles. The SMILES string of the molecule is Cc1ccc2c(c1)CCCN2C(=O)CC[C@@H](C)[C@H]1CC[C@H]2[C@@H]3[C@H](O)C[C@@H]4C[C@H](O)CC[C@]4(C)[C@H]3C[C@H](O)[C@]12C. The number of hydrogen-bond acceptors (Lipinski definition) is 4. The van der Waals surface area contributed by atoms with Gasteiger partial charge in [-0.15, -0.1) is 0 Å². The molecule has 39 heavy (non-hydrogen) atoms. The number of anilines is 1. The van der Waals surface area contributed by atoms with Gasteiger partial charge in [-0.3, -0.25) is 4.79 Å². The van der Waals surface area contributed by atoms with Gasteiger partial charge in [-0.1, -0.05) is 38.5 Å². The smallest absolute Gasteiger partial charge is 0.226 e. The monoisotopic (exact) mass is 537 g/mol. The molecular weight excluding hydrogens is 486 g/mol. The number of aliphatic hydroxyl groups is 3. The van der Waals surface area contributed by atoms with E-state index in [9.17, 15) is 20.1 Å². The summed E-state index contributed by atoms with van der Waals surface area (Å²) >= 11 is 0. The number of carbonyl (C=O) groups excluding carboxylic acids is 1. The Balaban J connectivity index is 1.16. The molecule has 4 aliphatic carbocycles. The molecule has 1 aliphatic heterocycles. The summed E-state index contributed by atoms with van der Waals surface area (Å²) in [4.78, 5) is 15.5. The summed E-state index contributed by atoms with van der Waals surface area (Å²) in [5, 5.41) is 33.7. The number of aliphatic hydroxyl groups excluding tert-OH is 3. The van der Waals surface area contributed by atoms with Gasteiger partial charge in [0.05, 0.1) is 18.3 Å². The van der Waals surface area contributed by atoms with Crippen LogP contribution in [-0.4, -0.2) is 46.1 Å². The average molecular weight is 538 g/mol. The van der Waals surface area contributed by atoms with E-state index in [0.717, 1.165) is 76.4 Å². The molecule has 6 rings (SSSR count). The first-order valence-electron chi connectivity index (χ1n) is 16.0. The van der Waals surface area contributed by atoms with E-state index in [2.05, 4.69) is 45.9 Å². The van der Waals surface area contributed by atoms with Crippen molar-refractivity contribution in [1.82, 2.24) is 0 Å². The molecule has 1 aromatic rings. The lowest BCUT2D eigenvalue weighted by Crippen LogP contribution is -2.62. The minimum absolute atomic E-state index is 0.102. The van der Waals surface area contributed by atoms with E-state index in [4.69, 9.17) is 0 Å². The summed E-state index contributed by atoms with van der Waals surface area (Å²) in [6, 6.07) is 6.46. The maximum absolute atomic E-state index is 13.4. The van der Waals surface area contributed by atoms with Crippen molar-refractivity contribution in [2.75, 3.05) is 11.4 Å². The van der Waals surface area contributed by atoms with Gasteiger partial charge in [-0.2, -0.15) is 0 Å². The van der Waals surface area contributed by atoms with Crippen molar-refractivity contribution in [3.63, 3.8) is 0 Å². The first-order valence-corrected chi connectivity index (χ1v) is 16.0. The van der Waals surface area contributed by atoms with E-state index in [1.54, 1.807) is 0 Å². The van der Waals surface area contributed by atoms with Crippen LogP contribution in [0.4, 0.5) is 5.69 Å². The molecule has 4 fully saturated rings. The van der Waals surface area contributed by atoms with Gasteiger partial charge in [0.2, 0.25) is 5.91 Å². The zero-order valence-corrected chi connectivity index (χ0v) is 24.6. The van der Waals surface area contributed by atoms with Crippen LogP contribution in [0.1, 0.15) is 96.1 Å². The minimum atomic E-state index is -0.374. The molecule has 1 amide bonds. The molecule has 0 spiro atoms. The standard InChI is InChI=1S/C34H51NO4/c1-20-7-11-28-22(16-20)6-5-15-35(28)31(39)12-8-21(2)25-9-10-26-32-27(19-30(38)34(25,26)4)33(3)14-13-24(36)17-23(33)18-29(32)37/h7,11,16,21,23-27,29-30,32,36-38H,5-6,8-10,12-15,17-19H2,1-4H3/t21-,23+,24-,25-,26+,27+,29-,30+,32+,33+,34-/m1/s1. The molecular formula is C34H51NO4. The van der Waals surface area contributed by atoms with Crippen LogP contribution in [0.15, 0.2) is 18.2 Å². The Kier molecular flexibility index (Phi) is 7.20. The van der Waals surface area contributed by atoms with Gasteiger partial charge in [0, 0.05) is 18.7 Å². The molecule has 4 saturated carbocycles. The van der Waals surface area contributed by atoms with Crippen molar-refractivity contribution in [1.29, 1.82) is 0 Å². The van der Waals surface area contributed by atoms with Crippen LogP contribution >= 0.6 is 0 Å². The van der Waals surface area contributed by atoms with Crippen molar-refractivity contribution in [2.45, 2.75) is 117 Å². The van der Waals surface area contributed by atoms with E-state index >= 15 is 0 Å². The lowest BCUT2D eigenvalue weighted by atomic mass is 9.43. The summed E-state index contributed by atoms with van der Waals surface area (Å²) in [6.07, 6.45) is 8.87. The van der Waals surface area contributed by atoms with Crippen molar-refractivity contribution in [2.24, 2.45) is 46.3 Å². The Morgan fingerprint density at radius 1 is 1.08 bits per heavy atom. The van der Waals surface area contributed by atoms with Crippen LogP contribution in [0, 0.1) is 53.3 Å². The predicted octanol–water partition coefficient (Wildman–Crippen LogP) is 5.65. The molecule has 5 nitrogen and oxygen atoms in total. The van der Waals surface area contributed by atoms with Crippen molar-refractivity contribution in [3.05, 3.63) is 29.3 Å². The Labute approximate surface area is 235 Å². The summed E-state index contributed by atoms with van der Waals surface area (Å²) in [5.41, 5.74) is 3.53. The number of rotatable bonds is 4. The fourth-order valence-electron chi connectivity index (χ4n) is 10.8. The zero-order valence-electron chi connectivity index (χ0n) is 24.6. The van der Waals surface area contributed by atoms with E-state index in [0.29, 0.717) is 36.0 Å². The number of fused-ring (bicyclic) bond motifs is 6. The third-order valence-corrected chi connectivity index (χ3v) is 13.0. The number of hydrogen-bond donors (Lipinski definition) is 3. The second-order valence-electron chi connectivity index (χ2n) is 14.8. The molecule has 0 bridgehead atoms. The lowest BCUT2D eigenvalue weighted by molar-refractivity contribution is -0.207. The Bertz CT molecular complexity index is 1090. The van der Waals surface area contributed by atoms with Crippen LogP contribution in [0.25, 0.3) is 0 Å². The number of benzene rings is 1. The van der Waals surface area contributed by atoms with Crippen LogP contribution in [0.5, 0.6) is 0 Å². The van der Waals surface area contributed by atoms with Crippen molar-refractivity contribution in [3.8, 4) is 0 Å². The number of amides is 1. The van der Waals surface area contributed by atoms with Crippen molar-refractivity contribution < 1.29 is 20.1 Å². The Morgan fingerprint density at radius 2 is 1.87 bits per heavy atom. The lowest BCUT2D eigenvalue weighted by Gasteiger charge is -2.63. The maximum atomic E-state index is 13.4. The third-order valence-electron chi connectivity index (χ3n) is 13.0. The highest BCUT2D eigenvalue weighted by Crippen LogP contribution is 2.68. The van der Waals surface area contributed by atoms with E-state index in [1.165, 1.54) is 11.1 Å². The Morgan fingerprint density at radius 3 is 2.67 bits per heavy atom. The van der Waals surface area contributed by atoms with Gasteiger partial charge < -0.3 is 20.2 Å². The summed E-state index contributed by atoms with van der Waals surface area (Å²) in [7, 11) is 0. The number of aryl methyl sites for hydroxylation is 2. The zero-order chi connectivity index (χ0) is 27.7. The first-order chi connectivity index (χ1) is 18.5. The molecule has 0 radical (unpaired) electrons. The van der Waals surface area contributed by atoms with Gasteiger partial charge in [-0.05, 0) is 129 Å². The Hall–Kier alpha value is -1.43. The number of carbonyl (C=O) groups is 1. The van der Waals surface area contributed by atoms with Gasteiger partial charge in [0.25, 0.3) is 0 Å². The van der Waals surface area contributed by atoms with Gasteiger partial charge >= 0.3 is 0 Å². The first kappa shape index (κ1) is 27.7. The fraction of sp³-hybridized carbons (Fsp3) is 0.794. The quantitative estimate of drug-likeness (QED) is 0.464. The third kappa shape index (κ3) is 4.41. The van der Waals surface area contributed by atoms with Crippen molar-refractivity contribution >= 4 is 11.6 Å². The van der Waals surface area contributed by atoms with Crippen LogP contribution in [0.2, 0.25) is 0 Å².